The molecular weight excluding hydrogens is 624 g/mol. The van der Waals surface area contributed by atoms with Gasteiger partial charge in [0.1, 0.15) is 11.8 Å². The second kappa shape index (κ2) is 10.8. The van der Waals surface area contributed by atoms with Gasteiger partial charge >= 0.3 is 6.18 Å². The van der Waals surface area contributed by atoms with E-state index in [0.717, 1.165) is 17.0 Å². The number of sulfone groups is 1. The van der Waals surface area contributed by atoms with Crippen molar-refractivity contribution >= 4 is 43.7 Å². The Morgan fingerprint density at radius 1 is 1.23 bits per heavy atom. The Kier molecular flexibility index (Phi) is 7.74. The van der Waals surface area contributed by atoms with Gasteiger partial charge in [-0.1, -0.05) is 22.9 Å². The van der Waals surface area contributed by atoms with Crippen molar-refractivity contribution in [2.75, 3.05) is 23.4 Å². The van der Waals surface area contributed by atoms with Crippen LogP contribution in [0.25, 0.3) is 10.9 Å². The SMILES string of the molecule is Cc1nc(F)ccc1[C@H](Nc1cc(Cl)c2ncc(C#N)c(NCC(C)(C)S(C)(=O)=O)c2c1)c1cn(C2(C(F)(F)F)CC2)nn1. The maximum Gasteiger partial charge on any atom is 0.413 e. The maximum absolute atomic E-state index is 13.9. The van der Waals surface area contributed by atoms with Crippen molar-refractivity contribution in [3.05, 3.63) is 70.1 Å². The minimum absolute atomic E-state index is 0.0397. The van der Waals surface area contributed by atoms with E-state index in [0.29, 0.717) is 27.8 Å². The van der Waals surface area contributed by atoms with E-state index >= 15 is 0 Å². The third-order valence-corrected chi connectivity index (χ3v) is 10.4. The molecule has 1 atom stereocenters. The first-order chi connectivity index (χ1) is 20.5. The normalized spacial score (nSPS) is 15.5. The van der Waals surface area contributed by atoms with Gasteiger partial charge in [0.25, 0.3) is 0 Å². The van der Waals surface area contributed by atoms with Crippen molar-refractivity contribution in [2.24, 2.45) is 0 Å². The zero-order chi connectivity index (χ0) is 32.2. The van der Waals surface area contributed by atoms with Crippen LogP contribution in [0.2, 0.25) is 5.02 Å². The number of nitrogens with one attached hydrogen (secondary N) is 2. The Morgan fingerprint density at radius 3 is 2.52 bits per heavy atom. The summed E-state index contributed by atoms with van der Waals surface area (Å²) in [4.78, 5) is 8.17. The predicted octanol–water partition coefficient (Wildman–Crippen LogP) is 5.68. The van der Waals surface area contributed by atoms with Crippen LogP contribution < -0.4 is 10.6 Å². The molecule has 0 spiro atoms. The van der Waals surface area contributed by atoms with Crippen molar-refractivity contribution in [1.29, 1.82) is 5.26 Å². The number of fused-ring (bicyclic) bond motifs is 1. The van der Waals surface area contributed by atoms with E-state index in [4.69, 9.17) is 11.6 Å². The van der Waals surface area contributed by atoms with Gasteiger partial charge in [0, 0.05) is 41.3 Å². The molecule has 3 aromatic heterocycles. The van der Waals surface area contributed by atoms with E-state index < -0.39 is 38.3 Å². The average Bonchev–Trinajstić information content (AvgIpc) is 3.61. The number of nitrogens with zero attached hydrogens (tertiary/aromatic N) is 6. The summed E-state index contributed by atoms with van der Waals surface area (Å²) >= 11 is 6.61. The third kappa shape index (κ3) is 5.63. The van der Waals surface area contributed by atoms with Gasteiger partial charge in [0.15, 0.2) is 15.4 Å². The van der Waals surface area contributed by atoms with Crippen molar-refractivity contribution in [3.63, 3.8) is 0 Å². The zero-order valence-corrected chi connectivity index (χ0v) is 25.5. The lowest BCUT2D eigenvalue weighted by Gasteiger charge is -2.25. The lowest BCUT2D eigenvalue weighted by atomic mass is 10.0. The monoisotopic (exact) mass is 650 g/mol. The van der Waals surface area contributed by atoms with Crippen LogP contribution in [0.1, 0.15) is 55.2 Å². The highest BCUT2D eigenvalue weighted by Crippen LogP contribution is 2.55. The molecule has 5 rings (SSSR count). The summed E-state index contributed by atoms with van der Waals surface area (Å²) in [6, 6.07) is 6.83. The first-order valence-corrected chi connectivity index (χ1v) is 15.6. The molecule has 44 heavy (non-hydrogen) atoms. The largest absolute Gasteiger partial charge is 0.413 e. The average molecular weight is 651 g/mol. The standard InChI is InChI=1S/C28H27ClF4N8O2S/c1-15-18(5-6-22(30)37-15)25(21-13-41(40-39-21)27(7-8-27)28(31,32)33)38-17-9-19-23(36-14-26(2,3)44(4,42)43)16(11-34)12-35-24(19)20(29)10-17/h5-6,9-10,12-13,25,38H,7-8,14H2,1-4H3,(H,35,36)/t25-/m0/s1. The van der Waals surface area contributed by atoms with Gasteiger partial charge in [0.05, 0.1) is 38.8 Å². The first kappa shape index (κ1) is 31.4. The van der Waals surface area contributed by atoms with Gasteiger partial charge in [-0.25, -0.2) is 18.1 Å². The van der Waals surface area contributed by atoms with Gasteiger partial charge in [-0.15, -0.1) is 5.10 Å². The lowest BCUT2D eigenvalue weighted by molar-refractivity contribution is -0.182. The minimum Gasteiger partial charge on any atom is -0.382 e. The van der Waals surface area contributed by atoms with Gasteiger partial charge in [-0.3, -0.25) is 4.98 Å². The van der Waals surface area contributed by atoms with E-state index in [2.05, 4.69) is 30.9 Å². The van der Waals surface area contributed by atoms with Gasteiger partial charge in [0.2, 0.25) is 5.95 Å². The summed E-state index contributed by atoms with van der Waals surface area (Å²) in [6.07, 6.45) is -1.14. The number of aromatic nitrogens is 5. The summed E-state index contributed by atoms with van der Waals surface area (Å²) in [5, 5.41) is 24.5. The van der Waals surface area contributed by atoms with E-state index in [1.165, 1.54) is 24.5 Å². The van der Waals surface area contributed by atoms with Crippen LogP contribution in [0.3, 0.4) is 0 Å². The fraction of sp³-hybridized carbons (Fsp3) is 0.393. The van der Waals surface area contributed by atoms with Crippen LogP contribution >= 0.6 is 11.6 Å². The van der Waals surface area contributed by atoms with E-state index in [-0.39, 0.29) is 41.4 Å². The van der Waals surface area contributed by atoms with Crippen LogP contribution in [0, 0.1) is 24.2 Å². The van der Waals surface area contributed by atoms with Gasteiger partial charge in [-0.2, -0.15) is 22.8 Å². The molecule has 16 heteroatoms. The molecular formula is C28H27ClF4N8O2S. The molecule has 2 N–H and O–H groups in total. The molecule has 0 aliphatic heterocycles. The Hall–Kier alpha value is -4.03. The number of halogens is 5. The Balaban J connectivity index is 1.60. The van der Waals surface area contributed by atoms with Crippen molar-refractivity contribution in [1.82, 2.24) is 25.0 Å². The summed E-state index contributed by atoms with van der Waals surface area (Å²) in [5.41, 5.74) is -0.236. The van der Waals surface area contributed by atoms with E-state index in [1.807, 2.05) is 6.07 Å². The number of hydrogen-bond donors (Lipinski definition) is 2. The van der Waals surface area contributed by atoms with Crippen LogP contribution in [-0.4, -0.2) is 57.1 Å². The molecule has 1 aliphatic carbocycles. The van der Waals surface area contributed by atoms with Crippen LogP contribution in [0.4, 0.5) is 28.9 Å². The number of rotatable bonds is 9. The lowest BCUT2D eigenvalue weighted by Crippen LogP contribution is -2.38. The van der Waals surface area contributed by atoms with Gasteiger partial charge in [-0.05, 0) is 51.8 Å². The predicted molar refractivity (Wildman–Crippen MR) is 157 cm³/mol. The fourth-order valence-electron chi connectivity index (χ4n) is 4.75. The molecule has 0 saturated heterocycles. The topological polar surface area (TPSA) is 138 Å². The Bertz CT molecular complexity index is 1920. The number of aryl methyl sites for hydroxylation is 1. The highest BCUT2D eigenvalue weighted by molar-refractivity contribution is 7.92. The van der Waals surface area contributed by atoms with Crippen molar-refractivity contribution < 1.29 is 26.0 Å². The molecule has 10 nitrogen and oxygen atoms in total. The first-order valence-electron chi connectivity index (χ1n) is 13.3. The van der Waals surface area contributed by atoms with E-state index in [9.17, 15) is 31.2 Å². The number of nitriles is 1. The van der Waals surface area contributed by atoms with Gasteiger partial charge < -0.3 is 10.6 Å². The highest BCUT2D eigenvalue weighted by Gasteiger charge is 2.66. The summed E-state index contributed by atoms with van der Waals surface area (Å²) in [7, 11) is -3.48. The smallest absolute Gasteiger partial charge is 0.382 e. The molecule has 1 saturated carbocycles. The van der Waals surface area contributed by atoms with Crippen LogP contribution in [0.5, 0.6) is 0 Å². The maximum atomic E-state index is 13.9. The number of pyridine rings is 2. The number of alkyl halides is 3. The second-order valence-corrected chi connectivity index (χ2v) is 14.5. The van der Waals surface area contributed by atoms with Crippen LogP contribution in [-0.2, 0) is 15.4 Å². The van der Waals surface area contributed by atoms with Crippen molar-refractivity contribution in [2.45, 2.75) is 56.1 Å². The van der Waals surface area contributed by atoms with Crippen LogP contribution in [0.15, 0.2) is 36.7 Å². The third-order valence-electron chi connectivity index (χ3n) is 7.95. The highest BCUT2D eigenvalue weighted by atomic mass is 35.5. The summed E-state index contributed by atoms with van der Waals surface area (Å²) in [6.45, 7) is 4.61. The second-order valence-electron chi connectivity index (χ2n) is 11.4. The molecule has 1 aromatic carbocycles. The minimum atomic E-state index is -4.53. The molecule has 0 radical (unpaired) electrons. The molecule has 232 valence electrons. The zero-order valence-electron chi connectivity index (χ0n) is 24.0. The summed E-state index contributed by atoms with van der Waals surface area (Å²) in [5.74, 6) is -0.737. The Labute approximate surface area is 255 Å². The van der Waals surface area contributed by atoms with E-state index in [1.54, 1.807) is 26.8 Å². The fourth-order valence-corrected chi connectivity index (χ4v) is 5.36. The number of benzene rings is 1. The number of hydrogen-bond acceptors (Lipinski definition) is 9. The van der Waals surface area contributed by atoms with Crippen molar-refractivity contribution in [3.8, 4) is 6.07 Å². The molecule has 0 unspecified atom stereocenters. The molecule has 1 aliphatic rings. The quantitative estimate of drug-likeness (QED) is 0.173. The molecule has 0 amide bonds. The molecule has 1 fully saturated rings. The Morgan fingerprint density at radius 2 is 1.93 bits per heavy atom. The number of anilines is 2. The molecule has 4 aromatic rings. The molecule has 0 bridgehead atoms. The molecule has 3 heterocycles. The summed E-state index contributed by atoms with van der Waals surface area (Å²) < 4.78 is 79.7.